The molecule has 0 fully saturated rings. The van der Waals surface area contributed by atoms with Crippen LogP contribution in [0, 0.1) is 45.3 Å². The van der Waals surface area contributed by atoms with Crippen molar-refractivity contribution in [2.24, 2.45) is 0 Å². The minimum atomic E-state index is -0.500. The number of urea groups is 1. The monoisotopic (exact) mass is 1720 g/mol. The number of hydrogen-bond donors (Lipinski definition) is 5. The van der Waals surface area contributed by atoms with E-state index < -0.39 is 18.3 Å². The molecule has 0 atom stereocenters. The largest absolute Gasteiger partial charge is 0.494 e. The number of rotatable bonds is 35. The van der Waals surface area contributed by atoms with Crippen LogP contribution in [0.1, 0.15) is 169 Å². The molecule has 0 aliphatic carbocycles. The summed E-state index contributed by atoms with van der Waals surface area (Å²) in [6, 6.07) is 73.1. The predicted molar refractivity (Wildman–Crippen MR) is 511 cm³/mol. The fraction of sp³-hybridized carbons (Fsp3) is 0.327. The lowest BCUT2D eigenvalue weighted by Crippen LogP contribution is -2.30. The Morgan fingerprint density at radius 1 is 0.344 bits per heavy atom. The molecule has 13 rings (SSSR count). The van der Waals surface area contributed by atoms with Gasteiger partial charge in [0.15, 0.2) is 0 Å². The van der Waals surface area contributed by atoms with Crippen LogP contribution in [-0.4, -0.2) is 94.9 Å². The molecule has 0 bridgehead atoms. The fourth-order valence-corrected chi connectivity index (χ4v) is 15.3. The van der Waals surface area contributed by atoms with Gasteiger partial charge in [-0.3, -0.25) is 16.0 Å². The van der Waals surface area contributed by atoms with Gasteiger partial charge in [0.25, 0.3) is 0 Å². The Hall–Kier alpha value is -14.6. The summed E-state index contributed by atoms with van der Waals surface area (Å²) in [4.78, 5) is 48.2. The molecule has 664 valence electrons. The standard InChI is InChI=1S/C30H32N4O2.2C25H29N3O3.C24H27N3O3/c1-3-5-19-34-28-20-25(36-4-2)15-16-26(28)27(21-31)29(34)23-11-13-24(14-12-23)33-30(35)32-18-17-22-9-7-6-8-10-22;1-5-7-13-28-23-15-20(30-6-2)11-12-21(23)22(16-26)24(28)18-9-8-10-19(14-18)27-25(29)31-17(3)4;1-4-7-13-28-23-16-20(30-6-3)11-12-21(23)22(17-26)24(28)18-9-8-10-19(15-18)27-25(29)31-14-5-2;1-4-7-13-27-22-15-19(29-5-2)11-12-20(22)21(16-25)23(27)17-9-8-10-18(14-17)26-24(28)30-6-3/h6-16,20H,3-5,17-19H2,1-2H3,(H2,32,33,35);8-12,14-15,17H,5-7,13H2,1-4H3,(H,27,29);8-12,15-16H,4-7,13-14H2,1-3H3,(H,27,29);8-12,14-15H,4-7,13H2,1-3H3,(H,26,28). The van der Waals surface area contributed by atoms with Crippen molar-refractivity contribution >= 4 is 90.7 Å². The summed E-state index contributed by atoms with van der Waals surface area (Å²) in [6.07, 6.45) is 7.99. The van der Waals surface area contributed by atoms with Crippen molar-refractivity contribution in [3.05, 3.63) is 228 Å². The van der Waals surface area contributed by atoms with Gasteiger partial charge in [-0.25, -0.2) is 19.2 Å². The van der Waals surface area contributed by atoms with Gasteiger partial charge in [-0.2, -0.15) is 21.0 Å². The number of nitrogens with zero attached hydrogens (tertiary/aromatic N) is 8. The van der Waals surface area contributed by atoms with E-state index in [1.807, 2.05) is 229 Å². The van der Waals surface area contributed by atoms with E-state index in [1.54, 1.807) is 26.8 Å². The van der Waals surface area contributed by atoms with Gasteiger partial charge in [0.05, 0.1) is 113 Å². The number of aryl methyl sites for hydroxylation is 4. The van der Waals surface area contributed by atoms with E-state index in [0.29, 0.717) is 91.2 Å². The summed E-state index contributed by atoms with van der Waals surface area (Å²) >= 11 is 0. The second kappa shape index (κ2) is 48.6. The third-order valence-electron chi connectivity index (χ3n) is 20.9. The Bertz CT molecular complexity index is 6110. The van der Waals surface area contributed by atoms with E-state index in [-0.39, 0.29) is 12.1 Å². The number of carbonyl (C=O) groups is 4. The van der Waals surface area contributed by atoms with E-state index in [1.165, 1.54) is 5.56 Å². The molecule has 4 aromatic heterocycles. The second-order valence-corrected chi connectivity index (χ2v) is 30.4. The number of aromatic nitrogens is 4. The average Bonchev–Trinajstić information content (AvgIpc) is 1.62. The first kappa shape index (κ1) is 95.6. The van der Waals surface area contributed by atoms with Crippen molar-refractivity contribution in [2.45, 2.75) is 180 Å². The number of ether oxygens (including phenoxy) is 7. The normalized spacial score (nSPS) is 10.7. The lowest BCUT2D eigenvalue weighted by Gasteiger charge is -2.13. The Kier molecular flexibility index (Phi) is 36.3. The van der Waals surface area contributed by atoms with Gasteiger partial charge in [-0.05, 0) is 195 Å². The zero-order chi connectivity index (χ0) is 91.4. The van der Waals surface area contributed by atoms with E-state index in [9.17, 15) is 40.2 Å². The minimum absolute atomic E-state index is 0.204. The third-order valence-corrected chi connectivity index (χ3v) is 20.9. The highest BCUT2D eigenvalue weighted by molar-refractivity contribution is 6.00. The molecular formula is C104H117N13O11. The molecule has 0 saturated carbocycles. The van der Waals surface area contributed by atoms with Gasteiger partial charge in [0, 0.05) is 118 Å². The number of benzene rings is 9. The molecule has 24 nitrogen and oxygen atoms in total. The zero-order valence-electron chi connectivity index (χ0n) is 75.5. The van der Waals surface area contributed by atoms with Crippen LogP contribution in [0.3, 0.4) is 0 Å². The average molecular weight is 1730 g/mol. The first-order valence-corrected chi connectivity index (χ1v) is 44.5. The summed E-state index contributed by atoms with van der Waals surface area (Å²) in [5.41, 5.74) is 17.2. The Labute approximate surface area is 750 Å². The maximum atomic E-state index is 12.4. The van der Waals surface area contributed by atoms with Crippen molar-refractivity contribution in [1.29, 1.82) is 21.0 Å². The molecule has 0 unspecified atom stereocenters. The van der Waals surface area contributed by atoms with E-state index >= 15 is 0 Å². The minimum Gasteiger partial charge on any atom is -0.494 e. The Morgan fingerprint density at radius 2 is 0.688 bits per heavy atom. The molecule has 13 aromatic rings. The van der Waals surface area contributed by atoms with Gasteiger partial charge in [0.1, 0.15) is 47.3 Å². The lowest BCUT2D eigenvalue weighted by atomic mass is 10.1. The highest BCUT2D eigenvalue weighted by atomic mass is 16.6. The van der Waals surface area contributed by atoms with Crippen LogP contribution in [0.4, 0.5) is 41.9 Å². The summed E-state index contributed by atoms with van der Waals surface area (Å²) in [5.74, 6) is 3.16. The van der Waals surface area contributed by atoms with Gasteiger partial charge >= 0.3 is 24.3 Å². The van der Waals surface area contributed by atoms with Crippen molar-refractivity contribution in [1.82, 2.24) is 23.6 Å². The number of amides is 5. The van der Waals surface area contributed by atoms with Crippen molar-refractivity contribution in [3.63, 3.8) is 0 Å². The van der Waals surface area contributed by atoms with Gasteiger partial charge in [-0.1, -0.05) is 139 Å². The van der Waals surface area contributed by atoms with Crippen LogP contribution in [0.15, 0.2) is 200 Å². The highest BCUT2D eigenvalue weighted by Crippen LogP contribution is 2.42. The molecule has 0 radical (unpaired) electrons. The van der Waals surface area contributed by atoms with Crippen molar-refractivity contribution in [2.75, 3.05) is 67.5 Å². The fourth-order valence-electron chi connectivity index (χ4n) is 15.3. The smallest absolute Gasteiger partial charge is 0.411 e. The maximum Gasteiger partial charge on any atom is 0.411 e. The van der Waals surface area contributed by atoms with Crippen LogP contribution in [0.25, 0.3) is 88.6 Å². The third kappa shape index (κ3) is 24.7. The van der Waals surface area contributed by atoms with Crippen LogP contribution in [0.5, 0.6) is 23.0 Å². The van der Waals surface area contributed by atoms with Crippen molar-refractivity contribution in [3.8, 4) is 92.3 Å². The quantitative estimate of drug-likeness (QED) is 0.0231. The number of unbranched alkanes of at least 4 members (excludes halogenated alkanes) is 4. The predicted octanol–water partition coefficient (Wildman–Crippen LogP) is 25.4. The summed E-state index contributed by atoms with van der Waals surface area (Å²) in [6.45, 7) is 30.5. The second-order valence-electron chi connectivity index (χ2n) is 30.4. The molecule has 4 heterocycles. The van der Waals surface area contributed by atoms with Crippen LogP contribution in [-0.2, 0) is 46.8 Å². The van der Waals surface area contributed by atoms with Crippen molar-refractivity contribution < 1.29 is 52.3 Å². The first-order valence-electron chi connectivity index (χ1n) is 44.5. The molecule has 5 N–H and O–H groups in total. The highest BCUT2D eigenvalue weighted by Gasteiger charge is 2.26. The maximum absolute atomic E-state index is 12.4. The Morgan fingerprint density at radius 3 is 1.01 bits per heavy atom. The molecule has 0 aliphatic heterocycles. The molecule has 24 heteroatoms. The van der Waals surface area contributed by atoms with Crippen LogP contribution >= 0.6 is 0 Å². The van der Waals surface area contributed by atoms with E-state index in [4.69, 9.17) is 33.2 Å². The van der Waals surface area contributed by atoms with Gasteiger partial charge < -0.3 is 62.1 Å². The van der Waals surface area contributed by atoms with E-state index in [2.05, 4.69) is 96.8 Å². The summed E-state index contributed by atoms with van der Waals surface area (Å²) in [7, 11) is 0. The van der Waals surface area contributed by atoms with Crippen LogP contribution in [0.2, 0.25) is 0 Å². The number of nitrogens with one attached hydrogen (secondary N) is 5. The molecular weight excluding hydrogens is 1610 g/mol. The molecule has 0 saturated heterocycles. The number of hydrogen-bond acceptors (Lipinski definition) is 15. The summed E-state index contributed by atoms with van der Waals surface area (Å²) in [5, 5.41) is 57.8. The molecule has 0 aliphatic rings. The number of carbonyl (C=O) groups excluding carboxylic acids is 4. The number of anilines is 4. The van der Waals surface area contributed by atoms with E-state index in [0.717, 1.165) is 202 Å². The van der Waals surface area contributed by atoms with Gasteiger partial charge in [0.2, 0.25) is 0 Å². The number of nitriles is 4. The molecule has 5 amide bonds. The molecule has 128 heavy (non-hydrogen) atoms. The number of fused-ring (bicyclic) bond motifs is 4. The lowest BCUT2D eigenvalue weighted by molar-refractivity contribution is 0.130. The SMILES string of the molecule is CCCCn1c(-c2ccc(NC(=O)NCCc3ccccc3)cc2)c(C#N)c2ccc(OCC)cc21.CCCCn1c(-c2cccc(NC(=O)OC(C)C)c2)c(C#N)c2ccc(OCC)cc21.CCCCn1c(-c2cccc(NC(=O)OCC)c2)c(C#N)c2ccc(OCC)cc21.CCCCn1c(-c2cccc(NC(=O)OCCC)c2)c(C#N)c2ccc(OCC)cc21. The van der Waals surface area contributed by atoms with Crippen LogP contribution < -0.4 is 45.5 Å². The molecule has 0 spiro atoms. The topological polar surface area (TPSA) is 308 Å². The molecule has 9 aromatic carbocycles. The zero-order valence-corrected chi connectivity index (χ0v) is 75.5. The Balaban J connectivity index is 0.000000178. The summed E-state index contributed by atoms with van der Waals surface area (Å²) < 4.78 is 46.9. The van der Waals surface area contributed by atoms with Gasteiger partial charge in [-0.15, -0.1) is 0 Å². The first-order chi connectivity index (χ1) is 62.4.